The van der Waals surface area contributed by atoms with Gasteiger partial charge in [-0.2, -0.15) is 5.26 Å². The van der Waals surface area contributed by atoms with Crippen LogP contribution in [0.3, 0.4) is 0 Å². The number of hydrogen-bond acceptors (Lipinski definition) is 4. The third kappa shape index (κ3) is 3.74. The lowest BCUT2D eigenvalue weighted by molar-refractivity contribution is 0.253. The summed E-state index contributed by atoms with van der Waals surface area (Å²) in [5.74, 6) is 0. The van der Waals surface area contributed by atoms with Crippen molar-refractivity contribution in [1.82, 2.24) is 9.88 Å². The second-order valence-corrected chi connectivity index (χ2v) is 6.46. The van der Waals surface area contributed by atoms with Gasteiger partial charge in [0.2, 0.25) is 0 Å². The second-order valence-electron chi connectivity index (χ2n) is 6.46. The lowest BCUT2D eigenvalue weighted by Crippen LogP contribution is -2.32. The Bertz CT molecular complexity index is 761. The maximum atomic E-state index is 9.31. The molecule has 0 amide bonds. The molecule has 0 atom stereocenters. The van der Waals surface area contributed by atoms with E-state index in [9.17, 15) is 5.26 Å². The predicted molar refractivity (Wildman–Crippen MR) is 97.0 cm³/mol. The van der Waals surface area contributed by atoms with E-state index in [-0.39, 0.29) is 0 Å². The fraction of sp³-hybridized carbons (Fsp3) is 0.400. The molecule has 1 aromatic carbocycles. The van der Waals surface area contributed by atoms with Gasteiger partial charge in [0.1, 0.15) is 6.07 Å². The van der Waals surface area contributed by atoms with E-state index in [4.69, 9.17) is 0 Å². The fourth-order valence-electron chi connectivity index (χ4n) is 3.38. The Morgan fingerprint density at radius 3 is 2.83 bits per heavy atom. The van der Waals surface area contributed by atoms with Gasteiger partial charge in [0, 0.05) is 31.9 Å². The van der Waals surface area contributed by atoms with Gasteiger partial charge in [0.05, 0.1) is 16.9 Å². The maximum Gasteiger partial charge on any atom is 0.103 e. The summed E-state index contributed by atoms with van der Waals surface area (Å²) in [6.45, 7) is 7.98. The van der Waals surface area contributed by atoms with Gasteiger partial charge in [-0.15, -0.1) is 0 Å². The van der Waals surface area contributed by atoms with Crippen LogP contribution in [0.1, 0.15) is 34.5 Å². The molecule has 124 valence electrons. The lowest BCUT2D eigenvalue weighted by Gasteiger charge is -2.28. The largest absolute Gasteiger partial charge is 0.384 e. The molecule has 1 N–H and O–H groups in total. The number of hydrogen-bond donors (Lipinski definition) is 1. The van der Waals surface area contributed by atoms with Crippen molar-refractivity contribution in [2.45, 2.75) is 33.2 Å². The number of nitrogens with zero attached hydrogens (tertiary/aromatic N) is 3. The first kappa shape index (κ1) is 16.5. The van der Waals surface area contributed by atoms with E-state index in [0.717, 1.165) is 56.1 Å². The van der Waals surface area contributed by atoms with E-state index in [1.165, 1.54) is 11.1 Å². The number of nitrogens with one attached hydrogen (secondary N) is 1. The van der Waals surface area contributed by atoms with Crippen LogP contribution in [0.15, 0.2) is 30.3 Å². The predicted octanol–water partition coefficient (Wildman–Crippen LogP) is 3.43. The maximum absolute atomic E-state index is 9.31. The number of aromatic nitrogens is 1. The van der Waals surface area contributed by atoms with E-state index in [0.29, 0.717) is 5.56 Å². The highest BCUT2D eigenvalue weighted by molar-refractivity contribution is 5.59. The third-order valence-corrected chi connectivity index (χ3v) is 4.62. The van der Waals surface area contributed by atoms with E-state index in [1.54, 1.807) is 0 Å². The summed E-state index contributed by atoms with van der Waals surface area (Å²) < 4.78 is 0. The van der Waals surface area contributed by atoms with Crippen LogP contribution in [0.25, 0.3) is 0 Å². The molecule has 4 heteroatoms. The number of aryl methyl sites for hydroxylation is 2. The summed E-state index contributed by atoms with van der Waals surface area (Å²) >= 11 is 0. The molecule has 1 aromatic heterocycles. The standard InChI is InChI=1S/C20H24N4/c1-15-12-20(19(13-21)16(2)23-15)22-9-5-10-24-11-8-17-6-3-4-7-18(17)14-24/h3-4,6-7,12H,5,8-11,14H2,1-2H3,(H,22,23). The van der Waals surface area contributed by atoms with E-state index in [2.05, 4.69) is 45.5 Å². The molecular weight excluding hydrogens is 296 g/mol. The minimum atomic E-state index is 0.660. The van der Waals surface area contributed by atoms with E-state index >= 15 is 0 Å². The SMILES string of the molecule is Cc1cc(NCCCN2CCc3ccccc3C2)c(C#N)c(C)n1. The van der Waals surface area contributed by atoms with Gasteiger partial charge in [-0.3, -0.25) is 9.88 Å². The summed E-state index contributed by atoms with van der Waals surface area (Å²) in [5.41, 5.74) is 6.27. The van der Waals surface area contributed by atoms with Crippen LogP contribution in [-0.4, -0.2) is 29.5 Å². The number of pyridine rings is 1. The molecule has 2 heterocycles. The molecule has 0 saturated heterocycles. The van der Waals surface area contributed by atoms with Crippen molar-refractivity contribution in [1.29, 1.82) is 5.26 Å². The average molecular weight is 320 g/mol. The molecule has 0 radical (unpaired) electrons. The highest BCUT2D eigenvalue weighted by Crippen LogP contribution is 2.20. The number of nitriles is 1. The Morgan fingerprint density at radius 2 is 2.04 bits per heavy atom. The Kier molecular flexibility index (Phi) is 5.12. The fourth-order valence-corrected chi connectivity index (χ4v) is 3.38. The van der Waals surface area contributed by atoms with Crippen LogP contribution in [-0.2, 0) is 13.0 Å². The van der Waals surface area contributed by atoms with Crippen molar-refractivity contribution >= 4 is 5.69 Å². The molecule has 0 fully saturated rings. The first-order valence-electron chi connectivity index (χ1n) is 8.58. The average Bonchev–Trinajstić information content (AvgIpc) is 2.58. The smallest absolute Gasteiger partial charge is 0.103 e. The van der Waals surface area contributed by atoms with Crippen molar-refractivity contribution in [2.24, 2.45) is 0 Å². The van der Waals surface area contributed by atoms with Crippen molar-refractivity contribution in [3.8, 4) is 6.07 Å². The number of anilines is 1. The number of rotatable bonds is 5. The van der Waals surface area contributed by atoms with Crippen LogP contribution in [0.2, 0.25) is 0 Å². The molecule has 0 unspecified atom stereocenters. The topological polar surface area (TPSA) is 52.0 Å². The van der Waals surface area contributed by atoms with Gasteiger partial charge in [0.15, 0.2) is 0 Å². The molecule has 2 aromatic rings. The zero-order valence-corrected chi connectivity index (χ0v) is 14.5. The van der Waals surface area contributed by atoms with Crippen LogP contribution < -0.4 is 5.32 Å². The molecule has 24 heavy (non-hydrogen) atoms. The van der Waals surface area contributed by atoms with Gasteiger partial charge < -0.3 is 5.32 Å². The van der Waals surface area contributed by atoms with Gasteiger partial charge in [-0.05, 0) is 43.9 Å². The highest BCUT2D eigenvalue weighted by Gasteiger charge is 2.15. The van der Waals surface area contributed by atoms with Crippen LogP contribution in [0.4, 0.5) is 5.69 Å². The van der Waals surface area contributed by atoms with Crippen LogP contribution >= 0.6 is 0 Å². The van der Waals surface area contributed by atoms with E-state index < -0.39 is 0 Å². The second kappa shape index (κ2) is 7.46. The Labute approximate surface area is 144 Å². The lowest BCUT2D eigenvalue weighted by atomic mass is 10.00. The molecule has 3 rings (SSSR count). The van der Waals surface area contributed by atoms with Crippen molar-refractivity contribution in [3.63, 3.8) is 0 Å². The highest BCUT2D eigenvalue weighted by atomic mass is 15.1. The molecule has 0 saturated carbocycles. The summed E-state index contributed by atoms with van der Waals surface area (Å²) in [4.78, 5) is 6.87. The van der Waals surface area contributed by atoms with Crippen molar-refractivity contribution < 1.29 is 0 Å². The molecule has 0 bridgehead atoms. The number of benzene rings is 1. The van der Waals surface area contributed by atoms with Crippen LogP contribution in [0.5, 0.6) is 0 Å². The van der Waals surface area contributed by atoms with Gasteiger partial charge >= 0.3 is 0 Å². The zero-order chi connectivity index (χ0) is 16.9. The first-order chi connectivity index (χ1) is 11.7. The van der Waals surface area contributed by atoms with Gasteiger partial charge in [0.25, 0.3) is 0 Å². The zero-order valence-electron chi connectivity index (χ0n) is 14.5. The third-order valence-electron chi connectivity index (χ3n) is 4.62. The molecule has 4 nitrogen and oxygen atoms in total. The summed E-state index contributed by atoms with van der Waals surface area (Å²) in [6, 6.07) is 13.0. The minimum Gasteiger partial charge on any atom is -0.384 e. The van der Waals surface area contributed by atoms with Gasteiger partial charge in [-0.25, -0.2) is 0 Å². The monoisotopic (exact) mass is 320 g/mol. The Morgan fingerprint density at radius 1 is 1.25 bits per heavy atom. The molecule has 1 aliphatic heterocycles. The Hall–Kier alpha value is -2.38. The molecule has 0 spiro atoms. The molecule has 1 aliphatic rings. The van der Waals surface area contributed by atoms with Crippen LogP contribution in [0, 0.1) is 25.2 Å². The quantitative estimate of drug-likeness (QED) is 0.858. The Balaban J connectivity index is 1.51. The summed E-state index contributed by atoms with van der Waals surface area (Å²) in [5, 5.41) is 12.7. The first-order valence-corrected chi connectivity index (χ1v) is 8.58. The minimum absolute atomic E-state index is 0.660. The summed E-state index contributed by atoms with van der Waals surface area (Å²) in [6.07, 6.45) is 2.21. The normalized spacial score (nSPS) is 14.0. The van der Waals surface area contributed by atoms with E-state index in [1.807, 2.05) is 19.9 Å². The molecule has 0 aliphatic carbocycles. The van der Waals surface area contributed by atoms with Gasteiger partial charge in [-0.1, -0.05) is 24.3 Å². The summed E-state index contributed by atoms with van der Waals surface area (Å²) in [7, 11) is 0. The molecular formula is C20H24N4. The van der Waals surface area contributed by atoms with Crippen molar-refractivity contribution in [2.75, 3.05) is 25.0 Å². The van der Waals surface area contributed by atoms with Crippen molar-refractivity contribution in [3.05, 3.63) is 58.4 Å². The number of fused-ring (bicyclic) bond motifs is 1.